The SMILES string of the molecule is Oc1ccc(-c2ccc(Cc3ccc(C4CCOCC4)cc3)c3nccn23)c(O)c1. The molecule has 3 heterocycles. The summed E-state index contributed by atoms with van der Waals surface area (Å²) < 4.78 is 7.46. The lowest BCUT2D eigenvalue weighted by molar-refractivity contribution is 0.0853. The second-order valence-electron chi connectivity index (χ2n) is 7.87. The Balaban J connectivity index is 1.44. The number of aromatic nitrogens is 2. The van der Waals surface area contributed by atoms with Gasteiger partial charge < -0.3 is 14.9 Å². The number of phenols is 2. The van der Waals surface area contributed by atoms with E-state index in [1.165, 1.54) is 17.2 Å². The van der Waals surface area contributed by atoms with E-state index in [1.807, 2.05) is 16.7 Å². The van der Waals surface area contributed by atoms with Crippen molar-refractivity contribution in [2.75, 3.05) is 13.2 Å². The lowest BCUT2D eigenvalue weighted by Gasteiger charge is -2.22. The predicted octanol–water partition coefficient (Wildman–Crippen LogP) is 4.90. The molecular weight excluding hydrogens is 376 g/mol. The van der Waals surface area contributed by atoms with Gasteiger partial charge in [-0.3, -0.25) is 4.40 Å². The molecule has 5 rings (SSSR count). The number of ether oxygens (including phenoxy) is 1. The molecule has 0 bridgehead atoms. The van der Waals surface area contributed by atoms with Crippen LogP contribution in [0.2, 0.25) is 0 Å². The number of hydrogen-bond donors (Lipinski definition) is 2. The summed E-state index contributed by atoms with van der Waals surface area (Å²) in [7, 11) is 0. The van der Waals surface area contributed by atoms with Crippen LogP contribution in [0.1, 0.15) is 35.4 Å². The maximum atomic E-state index is 10.3. The van der Waals surface area contributed by atoms with E-state index in [0.29, 0.717) is 11.5 Å². The third kappa shape index (κ3) is 3.53. The fourth-order valence-corrected chi connectivity index (χ4v) is 4.32. The highest BCUT2D eigenvalue weighted by Gasteiger charge is 2.16. The van der Waals surface area contributed by atoms with E-state index in [1.54, 1.807) is 18.3 Å². The Morgan fingerprint density at radius 1 is 0.967 bits per heavy atom. The van der Waals surface area contributed by atoms with Crippen molar-refractivity contribution in [2.24, 2.45) is 0 Å². The Labute approximate surface area is 175 Å². The summed E-state index contributed by atoms with van der Waals surface area (Å²) in [6, 6.07) is 17.6. The lowest BCUT2D eigenvalue weighted by atomic mass is 9.90. The van der Waals surface area contributed by atoms with Crippen molar-refractivity contribution in [2.45, 2.75) is 25.2 Å². The smallest absolute Gasteiger partial charge is 0.140 e. The molecular formula is C25H24N2O3. The number of imidazole rings is 1. The van der Waals surface area contributed by atoms with E-state index in [4.69, 9.17) is 4.74 Å². The van der Waals surface area contributed by atoms with Crippen LogP contribution in [-0.2, 0) is 11.2 Å². The summed E-state index contributed by atoms with van der Waals surface area (Å²) in [4.78, 5) is 4.56. The summed E-state index contributed by atoms with van der Waals surface area (Å²) in [5.41, 5.74) is 6.12. The van der Waals surface area contributed by atoms with E-state index in [-0.39, 0.29) is 11.5 Å². The first-order valence-electron chi connectivity index (χ1n) is 10.3. The number of pyridine rings is 1. The van der Waals surface area contributed by atoms with Crippen molar-refractivity contribution in [3.05, 3.63) is 83.7 Å². The molecule has 4 aromatic rings. The summed E-state index contributed by atoms with van der Waals surface area (Å²) >= 11 is 0. The van der Waals surface area contributed by atoms with Gasteiger partial charge in [-0.2, -0.15) is 0 Å². The molecule has 1 aliphatic rings. The van der Waals surface area contributed by atoms with Gasteiger partial charge in [0.05, 0.1) is 5.69 Å². The highest BCUT2D eigenvalue weighted by atomic mass is 16.5. The van der Waals surface area contributed by atoms with Crippen molar-refractivity contribution < 1.29 is 14.9 Å². The van der Waals surface area contributed by atoms with Crippen molar-refractivity contribution in [1.29, 1.82) is 0 Å². The lowest BCUT2D eigenvalue weighted by Crippen LogP contribution is -2.13. The standard InChI is InChI=1S/C25H24N2O3/c28-21-6-7-22(24(29)16-21)23-8-5-20(25-26-11-12-27(23)25)15-17-1-3-18(4-2-17)19-9-13-30-14-10-19/h1-8,11-12,16,19,28-29H,9-10,13-15H2. The monoisotopic (exact) mass is 400 g/mol. The van der Waals surface area contributed by atoms with Crippen molar-refractivity contribution >= 4 is 5.65 Å². The molecule has 0 radical (unpaired) electrons. The minimum atomic E-state index is 0.0407. The highest BCUT2D eigenvalue weighted by molar-refractivity contribution is 5.72. The number of rotatable bonds is 4. The third-order valence-electron chi connectivity index (χ3n) is 5.95. The molecule has 2 aromatic heterocycles. The highest BCUT2D eigenvalue weighted by Crippen LogP contribution is 2.33. The van der Waals surface area contributed by atoms with Gasteiger partial charge in [0.25, 0.3) is 0 Å². The van der Waals surface area contributed by atoms with Crippen molar-refractivity contribution in [3.63, 3.8) is 0 Å². The van der Waals surface area contributed by atoms with Gasteiger partial charge in [0.15, 0.2) is 0 Å². The second kappa shape index (κ2) is 7.84. The quantitative estimate of drug-likeness (QED) is 0.511. The Bertz CT molecular complexity index is 1170. The minimum absolute atomic E-state index is 0.0407. The first-order valence-corrected chi connectivity index (χ1v) is 10.3. The normalized spacial score (nSPS) is 14.9. The van der Waals surface area contributed by atoms with Crippen LogP contribution in [0, 0.1) is 0 Å². The van der Waals surface area contributed by atoms with E-state index in [9.17, 15) is 10.2 Å². The average Bonchev–Trinajstić information content (AvgIpc) is 3.26. The molecule has 0 amide bonds. The zero-order chi connectivity index (χ0) is 20.5. The van der Waals surface area contributed by atoms with Gasteiger partial charge in [-0.05, 0) is 53.6 Å². The largest absolute Gasteiger partial charge is 0.508 e. The first kappa shape index (κ1) is 18.7. The van der Waals surface area contributed by atoms with Crippen LogP contribution in [0.3, 0.4) is 0 Å². The van der Waals surface area contributed by atoms with Gasteiger partial charge in [0.1, 0.15) is 17.1 Å². The van der Waals surface area contributed by atoms with Gasteiger partial charge in [0, 0.05) is 43.7 Å². The zero-order valence-corrected chi connectivity index (χ0v) is 16.7. The molecule has 1 saturated heterocycles. The molecule has 1 fully saturated rings. The summed E-state index contributed by atoms with van der Waals surface area (Å²) in [6.07, 6.45) is 6.65. The number of fused-ring (bicyclic) bond motifs is 1. The topological polar surface area (TPSA) is 67.0 Å². The predicted molar refractivity (Wildman–Crippen MR) is 116 cm³/mol. The second-order valence-corrected chi connectivity index (χ2v) is 7.87. The van der Waals surface area contributed by atoms with Crippen LogP contribution in [0.15, 0.2) is 67.0 Å². The number of hydrogen-bond acceptors (Lipinski definition) is 4. The molecule has 5 nitrogen and oxygen atoms in total. The maximum Gasteiger partial charge on any atom is 0.140 e. The minimum Gasteiger partial charge on any atom is -0.508 e. The van der Waals surface area contributed by atoms with Crippen LogP contribution in [0.4, 0.5) is 0 Å². The first-order chi connectivity index (χ1) is 14.7. The van der Waals surface area contributed by atoms with Gasteiger partial charge in [-0.1, -0.05) is 30.3 Å². The van der Waals surface area contributed by atoms with E-state index < -0.39 is 0 Å². The Morgan fingerprint density at radius 2 is 1.77 bits per heavy atom. The van der Waals surface area contributed by atoms with E-state index in [2.05, 4.69) is 35.3 Å². The van der Waals surface area contributed by atoms with Crippen LogP contribution < -0.4 is 0 Å². The third-order valence-corrected chi connectivity index (χ3v) is 5.95. The fourth-order valence-electron chi connectivity index (χ4n) is 4.32. The molecule has 0 saturated carbocycles. The molecule has 0 spiro atoms. The number of benzene rings is 2. The Kier molecular flexibility index (Phi) is 4.89. The molecule has 30 heavy (non-hydrogen) atoms. The zero-order valence-electron chi connectivity index (χ0n) is 16.7. The average molecular weight is 400 g/mol. The molecule has 5 heteroatoms. The van der Waals surface area contributed by atoms with Crippen molar-refractivity contribution in [3.8, 4) is 22.8 Å². The van der Waals surface area contributed by atoms with Crippen LogP contribution in [0.5, 0.6) is 11.5 Å². The van der Waals surface area contributed by atoms with Crippen LogP contribution >= 0.6 is 0 Å². The maximum absolute atomic E-state index is 10.3. The van der Waals surface area contributed by atoms with Gasteiger partial charge in [-0.25, -0.2) is 4.98 Å². The van der Waals surface area contributed by atoms with E-state index >= 15 is 0 Å². The summed E-state index contributed by atoms with van der Waals surface area (Å²) in [5, 5.41) is 19.9. The van der Waals surface area contributed by atoms with Crippen LogP contribution in [0.25, 0.3) is 16.9 Å². The summed E-state index contributed by atoms with van der Waals surface area (Å²) in [6.45, 7) is 1.71. The van der Waals surface area contributed by atoms with Gasteiger partial charge in [0.2, 0.25) is 0 Å². The number of nitrogens with zero attached hydrogens (tertiary/aromatic N) is 2. The molecule has 1 aliphatic heterocycles. The molecule has 152 valence electrons. The fraction of sp³-hybridized carbons (Fsp3) is 0.240. The van der Waals surface area contributed by atoms with Gasteiger partial charge in [-0.15, -0.1) is 0 Å². The van der Waals surface area contributed by atoms with E-state index in [0.717, 1.165) is 49.4 Å². The van der Waals surface area contributed by atoms with Crippen molar-refractivity contribution in [1.82, 2.24) is 9.38 Å². The Morgan fingerprint density at radius 3 is 2.53 bits per heavy atom. The Hall–Kier alpha value is -3.31. The molecule has 2 N–H and O–H groups in total. The molecule has 2 aromatic carbocycles. The molecule has 0 aliphatic carbocycles. The van der Waals surface area contributed by atoms with Crippen LogP contribution in [-0.4, -0.2) is 32.8 Å². The summed E-state index contributed by atoms with van der Waals surface area (Å²) in [5.74, 6) is 0.685. The molecule has 0 atom stereocenters. The van der Waals surface area contributed by atoms with Gasteiger partial charge >= 0.3 is 0 Å². The molecule has 0 unspecified atom stereocenters. The number of aromatic hydroxyl groups is 2. The number of phenolic OH excluding ortho intramolecular Hbond substituents is 2.